The van der Waals surface area contributed by atoms with E-state index in [0.717, 1.165) is 16.4 Å². The maximum Gasteiger partial charge on any atom is 0.268 e. The highest BCUT2D eigenvalue weighted by atomic mass is 35.5. The van der Waals surface area contributed by atoms with Crippen molar-refractivity contribution in [3.63, 3.8) is 0 Å². The van der Waals surface area contributed by atoms with Gasteiger partial charge in [-0.2, -0.15) is 0 Å². The second kappa shape index (κ2) is 7.66. The van der Waals surface area contributed by atoms with Crippen LogP contribution in [-0.4, -0.2) is 23.0 Å². The number of sulfonamides is 1. The third-order valence-electron chi connectivity index (χ3n) is 4.60. The average Bonchev–Trinajstić information content (AvgIpc) is 3.10. The molecule has 2 aromatic carbocycles. The first-order valence-electron chi connectivity index (χ1n) is 8.80. The molecule has 30 heavy (non-hydrogen) atoms. The van der Waals surface area contributed by atoms with Crippen LogP contribution in [0, 0.1) is 18.6 Å². The summed E-state index contributed by atoms with van der Waals surface area (Å²) in [6.45, 7) is 1.49. The summed E-state index contributed by atoms with van der Waals surface area (Å²) in [6.07, 6.45) is 1.64. The number of anilines is 1. The number of pyridine rings is 1. The lowest BCUT2D eigenvalue weighted by Gasteiger charge is -2.25. The van der Waals surface area contributed by atoms with Gasteiger partial charge in [0.1, 0.15) is 10.7 Å². The molecule has 0 N–H and O–H groups in total. The maximum absolute atomic E-state index is 14.0. The van der Waals surface area contributed by atoms with E-state index in [-0.39, 0.29) is 22.8 Å². The monoisotopic (exact) mass is 448 g/mol. The van der Waals surface area contributed by atoms with E-state index in [1.807, 2.05) is 0 Å². The van der Waals surface area contributed by atoms with Crippen LogP contribution < -0.4 is 4.31 Å². The van der Waals surface area contributed by atoms with E-state index in [9.17, 15) is 17.2 Å². The summed E-state index contributed by atoms with van der Waals surface area (Å²) in [4.78, 5) is -0.123. The van der Waals surface area contributed by atoms with Crippen LogP contribution in [0.2, 0.25) is 5.02 Å². The van der Waals surface area contributed by atoms with E-state index in [0.29, 0.717) is 16.4 Å². The molecule has 0 aliphatic rings. The quantitative estimate of drug-likeness (QED) is 0.455. The molecule has 154 valence electrons. The van der Waals surface area contributed by atoms with Gasteiger partial charge in [-0.05, 0) is 42.8 Å². The molecule has 2 aromatic heterocycles. The van der Waals surface area contributed by atoms with Gasteiger partial charge in [0, 0.05) is 17.3 Å². The largest absolute Gasteiger partial charge is 0.286 e. The molecule has 0 saturated carbocycles. The fourth-order valence-corrected chi connectivity index (χ4v) is 4.82. The number of benzene rings is 2. The Kier molecular flexibility index (Phi) is 5.17. The van der Waals surface area contributed by atoms with Gasteiger partial charge >= 0.3 is 0 Å². The summed E-state index contributed by atoms with van der Waals surface area (Å²) >= 11 is 6.22. The number of aromatic nitrogens is 3. The summed E-state index contributed by atoms with van der Waals surface area (Å²) in [5.41, 5.74) is 0.575. The number of halogens is 3. The van der Waals surface area contributed by atoms with Gasteiger partial charge in [-0.25, -0.2) is 17.2 Å². The van der Waals surface area contributed by atoms with Crippen LogP contribution in [0.1, 0.15) is 11.4 Å². The normalized spacial score (nSPS) is 11.7. The van der Waals surface area contributed by atoms with Crippen molar-refractivity contribution in [3.05, 3.63) is 88.8 Å². The topological polar surface area (TPSA) is 67.6 Å². The molecule has 0 saturated heterocycles. The van der Waals surface area contributed by atoms with Crippen molar-refractivity contribution < 1.29 is 17.2 Å². The zero-order chi connectivity index (χ0) is 21.5. The van der Waals surface area contributed by atoms with Crippen LogP contribution in [0.15, 0.2) is 65.7 Å². The van der Waals surface area contributed by atoms with E-state index >= 15 is 0 Å². The number of hydrogen-bond donors (Lipinski definition) is 0. The molecular weight excluding hydrogens is 434 g/mol. The highest BCUT2D eigenvalue weighted by Crippen LogP contribution is 2.30. The molecule has 4 aromatic rings. The third-order valence-corrected chi connectivity index (χ3v) is 6.76. The Morgan fingerprint density at radius 3 is 2.53 bits per heavy atom. The van der Waals surface area contributed by atoms with Gasteiger partial charge < -0.3 is 0 Å². The number of fused-ring (bicyclic) bond motifs is 1. The van der Waals surface area contributed by atoms with E-state index in [4.69, 9.17) is 11.6 Å². The smallest absolute Gasteiger partial charge is 0.268 e. The van der Waals surface area contributed by atoms with E-state index in [2.05, 4.69) is 10.2 Å². The average molecular weight is 449 g/mol. The summed E-state index contributed by atoms with van der Waals surface area (Å²) in [5.74, 6) is -1.74. The van der Waals surface area contributed by atoms with Crippen molar-refractivity contribution in [2.45, 2.75) is 18.4 Å². The first-order valence-corrected chi connectivity index (χ1v) is 10.6. The fourth-order valence-electron chi connectivity index (χ4n) is 3.06. The van der Waals surface area contributed by atoms with Crippen LogP contribution >= 0.6 is 11.6 Å². The molecule has 0 atom stereocenters. The zero-order valence-electron chi connectivity index (χ0n) is 15.6. The molecule has 0 fully saturated rings. The van der Waals surface area contributed by atoms with E-state index in [1.54, 1.807) is 43.5 Å². The lowest BCUT2D eigenvalue weighted by atomic mass is 10.2. The number of hydrogen-bond acceptors (Lipinski definition) is 4. The molecule has 4 rings (SSSR count). The predicted molar refractivity (Wildman–Crippen MR) is 109 cm³/mol. The summed E-state index contributed by atoms with van der Waals surface area (Å²) in [7, 11) is -4.25. The predicted octanol–water partition coefficient (Wildman–Crippen LogP) is 4.36. The highest BCUT2D eigenvalue weighted by Gasteiger charge is 2.29. The van der Waals surface area contributed by atoms with E-state index < -0.39 is 21.7 Å². The van der Waals surface area contributed by atoms with Gasteiger partial charge in [-0.3, -0.25) is 8.71 Å². The number of aryl methyl sites for hydroxylation is 1. The van der Waals surface area contributed by atoms with Gasteiger partial charge in [-0.15, -0.1) is 10.2 Å². The van der Waals surface area contributed by atoms with Crippen molar-refractivity contribution in [1.29, 1.82) is 0 Å². The molecule has 0 aliphatic heterocycles. The molecule has 0 amide bonds. The van der Waals surface area contributed by atoms with Gasteiger partial charge in [0.05, 0.1) is 12.2 Å². The Labute approximate surface area is 176 Å². The Morgan fingerprint density at radius 2 is 1.80 bits per heavy atom. The summed E-state index contributed by atoms with van der Waals surface area (Å²) in [6, 6.07) is 12.5. The van der Waals surface area contributed by atoms with Crippen LogP contribution in [0.5, 0.6) is 0 Å². The molecule has 0 radical (unpaired) electrons. The van der Waals surface area contributed by atoms with Crippen molar-refractivity contribution in [1.82, 2.24) is 14.6 Å². The SMILES string of the molecule is Cc1nnc2c(S(=O)(=O)N(Cc3ccccc3Cl)c3ccc(F)c(F)c3)cccn12. The molecule has 0 unspecified atom stereocenters. The Morgan fingerprint density at radius 1 is 1.03 bits per heavy atom. The van der Waals surface area contributed by atoms with E-state index in [1.165, 1.54) is 16.5 Å². The van der Waals surface area contributed by atoms with Crippen molar-refractivity contribution in [2.75, 3.05) is 4.31 Å². The fraction of sp³-hybridized carbons (Fsp3) is 0.100. The molecule has 0 aliphatic carbocycles. The second-order valence-corrected chi connectivity index (χ2v) is 8.75. The lowest BCUT2D eigenvalue weighted by molar-refractivity contribution is 0.508. The van der Waals surface area contributed by atoms with Crippen molar-refractivity contribution in [2.24, 2.45) is 0 Å². The maximum atomic E-state index is 14.0. The van der Waals surface area contributed by atoms with Gasteiger partial charge in [0.2, 0.25) is 0 Å². The van der Waals surface area contributed by atoms with Crippen molar-refractivity contribution >= 4 is 33.0 Å². The first-order chi connectivity index (χ1) is 14.3. The Balaban J connectivity index is 1.91. The first kappa shape index (κ1) is 20.2. The lowest BCUT2D eigenvalue weighted by Crippen LogP contribution is -2.31. The molecule has 2 heterocycles. The molecule has 0 bridgehead atoms. The van der Waals surface area contributed by atoms with Crippen LogP contribution in [0.3, 0.4) is 0 Å². The molecule has 6 nitrogen and oxygen atoms in total. The summed E-state index contributed by atoms with van der Waals surface area (Å²) in [5, 5.41) is 8.23. The Bertz CT molecular complexity index is 1360. The Hall–Kier alpha value is -3.04. The minimum absolute atomic E-state index is 0.0490. The van der Waals surface area contributed by atoms with Gasteiger partial charge in [-0.1, -0.05) is 29.8 Å². The number of rotatable bonds is 5. The molecular formula is C20H15ClF2N4O2S. The minimum atomic E-state index is -4.25. The second-order valence-electron chi connectivity index (χ2n) is 6.51. The zero-order valence-corrected chi connectivity index (χ0v) is 17.2. The van der Waals surface area contributed by atoms with Gasteiger partial charge in [0.15, 0.2) is 17.3 Å². The van der Waals surface area contributed by atoms with Gasteiger partial charge in [0.25, 0.3) is 10.0 Å². The molecule has 0 spiro atoms. The minimum Gasteiger partial charge on any atom is -0.286 e. The van der Waals surface area contributed by atoms with Crippen LogP contribution in [-0.2, 0) is 16.6 Å². The summed E-state index contributed by atoms with van der Waals surface area (Å²) < 4.78 is 57.3. The molecule has 10 heteroatoms. The van der Waals surface area contributed by atoms with Crippen LogP contribution in [0.25, 0.3) is 5.65 Å². The van der Waals surface area contributed by atoms with Crippen LogP contribution in [0.4, 0.5) is 14.5 Å². The highest BCUT2D eigenvalue weighted by molar-refractivity contribution is 7.93. The standard InChI is InChI=1S/C20H15ClF2N4O2S/c1-13-24-25-20-19(7-4-10-26(13)20)30(28,29)27(12-14-5-2-3-6-16(14)21)15-8-9-17(22)18(23)11-15/h2-11H,12H2,1H3. The number of nitrogens with zero attached hydrogens (tertiary/aromatic N) is 4. The third kappa shape index (κ3) is 3.50. The van der Waals surface area contributed by atoms with Crippen molar-refractivity contribution in [3.8, 4) is 0 Å².